The Balaban J connectivity index is 2.17. The fourth-order valence-corrected chi connectivity index (χ4v) is 3.07. The molecular formula is C18H21Br. The zero-order chi connectivity index (χ0) is 13.7. The van der Waals surface area contributed by atoms with E-state index in [1.54, 1.807) is 0 Å². The molecule has 0 aliphatic rings. The van der Waals surface area contributed by atoms with Gasteiger partial charge in [-0.1, -0.05) is 71.4 Å². The molecule has 1 heteroatoms. The molecule has 0 aliphatic heterocycles. The van der Waals surface area contributed by atoms with Gasteiger partial charge in [-0.15, -0.1) is 0 Å². The second-order valence-electron chi connectivity index (χ2n) is 5.08. The first-order valence-corrected chi connectivity index (χ1v) is 8.06. The lowest BCUT2D eigenvalue weighted by molar-refractivity contribution is 0.769. The van der Waals surface area contributed by atoms with Crippen molar-refractivity contribution in [3.05, 3.63) is 70.8 Å². The van der Waals surface area contributed by atoms with Crippen molar-refractivity contribution in [3.8, 4) is 0 Å². The largest absolute Gasteiger partial charge is 0.0921 e. The quantitative estimate of drug-likeness (QED) is 0.658. The minimum Gasteiger partial charge on any atom is -0.0921 e. The van der Waals surface area contributed by atoms with Crippen molar-refractivity contribution in [1.29, 1.82) is 0 Å². The van der Waals surface area contributed by atoms with Gasteiger partial charge in [0.1, 0.15) is 0 Å². The van der Waals surface area contributed by atoms with Gasteiger partial charge in [-0.05, 0) is 47.9 Å². The van der Waals surface area contributed by atoms with E-state index in [0.29, 0.717) is 5.92 Å². The molecule has 0 saturated carbocycles. The van der Waals surface area contributed by atoms with Crippen LogP contribution < -0.4 is 0 Å². The van der Waals surface area contributed by atoms with E-state index < -0.39 is 0 Å². The molecule has 2 aromatic rings. The van der Waals surface area contributed by atoms with Crippen LogP contribution in [0, 0.1) is 6.92 Å². The van der Waals surface area contributed by atoms with E-state index in [9.17, 15) is 0 Å². The second-order valence-corrected chi connectivity index (χ2v) is 5.73. The van der Waals surface area contributed by atoms with Crippen molar-refractivity contribution in [2.75, 3.05) is 5.33 Å². The van der Waals surface area contributed by atoms with E-state index in [1.165, 1.54) is 22.3 Å². The Labute approximate surface area is 125 Å². The summed E-state index contributed by atoms with van der Waals surface area (Å²) in [5, 5.41) is 1.01. The summed E-state index contributed by atoms with van der Waals surface area (Å²) in [7, 11) is 0. The minimum atomic E-state index is 0.550. The average Bonchev–Trinajstić information content (AvgIpc) is 2.46. The summed E-state index contributed by atoms with van der Waals surface area (Å²) in [6, 6.07) is 17.7. The molecular weight excluding hydrogens is 296 g/mol. The first-order chi connectivity index (χ1) is 9.24. The Kier molecular flexibility index (Phi) is 5.21. The molecule has 0 amide bonds. The maximum absolute atomic E-state index is 3.67. The van der Waals surface area contributed by atoms with Crippen molar-refractivity contribution >= 4 is 15.9 Å². The monoisotopic (exact) mass is 316 g/mol. The number of hydrogen-bond donors (Lipinski definition) is 0. The van der Waals surface area contributed by atoms with Crippen molar-refractivity contribution in [2.24, 2.45) is 0 Å². The van der Waals surface area contributed by atoms with Gasteiger partial charge in [0.15, 0.2) is 0 Å². The fraction of sp³-hybridized carbons (Fsp3) is 0.333. The molecule has 0 nitrogen and oxygen atoms in total. The molecule has 19 heavy (non-hydrogen) atoms. The maximum Gasteiger partial charge on any atom is 0.0103 e. The molecule has 1 unspecified atom stereocenters. The number of hydrogen-bond acceptors (Lipinski definition) is 0. The molecule has 0 heterocycles. The Hall–Kier alpha value is -1.08. The van der Waals surface area contributed by atoms with Gasteiger partial charge in [0.25, 0.3) is 0 Å². The minimum absolute atomic E-state index is 0.550. The lowest BCUT2D eigenvalue weighted by Gasteiger charge is -2.17. The Bertz CT molecular complexity index is 513. The first-order valence-electron chi connectivity index (χ1n) is 6.94. The molecule has 2 aromatic carbocycles. The molecule has 0 radical (unpaired) electrons. The molecule has 0 aromatic heterocycles. The molecule has 100 valence electrons. The van der Waals surface area contributed by atoms with Crippen LogP contribution in [0.4, 0.5) is 0 Å². The van der Waals surface area contributed by atoms with Gasteiger partial charge < -0.3 is 0 Å². The van der Waals surface area contributed by atoms with Crippen molar-refractivity contribution in [2.45, 2.75) is 32.6 Å². The van der Waals surface area contributed by atoms with Crippen LogP contribution in [0.2, 0.25) is 0 Å². The standard InChI is InChI=1S/C18H21Br/c1-3-15-8-10-16(11-9-15)12-17(13-19)18-7-5-4-6-14(18)2/h4-11,17H,3,12-13H2,1-2H3. The molecule has 0 spiro atoms. The summed E-state index contributed by atoms with van der Waals surface area (Å²) in [5.74, 6) is 0.550. The highest BCUT2D eigenvalue weighted by atomic mass is 79.9. The summed E-state index contributed by atoms with van der Waals surface area (Å²) in [6.45, 7) is 4.40. The lowest BCUT2D eigenvalue weighted by Crippen LogP contribution is -2.06. The molecule has 0 aliphatic carbocycles. The van der Waals surface area contributed by atoms with Gasteiger partial charge in [0, 0.05) is 5.33 Å². The van der Waals surface area contributed by atoms with Crippen LogP contribution in [-0.4, -0.2) is 5.33 Å². The zero-order valence-electron chi connectivity index (χ0n) is 11.7. The molecule has 1 atom stereocenters. The van der Waals surface area contributed by atoms with E-state index in [2.05, 4.69) is 78.3 Å². The number of aryl methyl sites for hydroxylation is 2. The summed E-state index contributed by atoms with van der Waals surface area (Å²) in [4.78, 5) is 0. The SMILES string of the molecule is CCc1ccc(CC(CBr)c2ccccc2C)cc1. The Morgan fingerprint density at radius 3 is 2.16 bits per heavy atom. The van der Waals surface area contributed by atoms with Crippen LogP contribution in [-0.2, 0) is 12.8 Å². The van der Waals surface area contributed by atoms with Gasteiger partial charge in [-0.25, -0.2) is 0 Å². The molecule has 0 N–H and O–H groups in total. The fourth-order valence-electron chi connectivity index (χ4n) is 2.49. The number of halogens is 1. The molecule has 0 saturated heterocycles. The molecule has 0 fully saturated rings. The van der Waals surface area contributed by atoms with Crippen molar-refractivity contribution in [1.82, 2.24) is 0 Å². The van der Waals surface area contributed by atoms with Gasteiger partial charge >= 0.3 is 0 Å². The van der Waals surface area contributed by atoms with E-state index in [4.69, 9.17) is 0 Å². The van der Waals surface area contributed by atoms with Crippen LogP contribution >= 0.6 is 15.9 Å². The van der Waals surface area contributed by atoms with Gasteiger partial charge in [-0.2, -0.15) is 0 Å². The lowest BCUT2D eigenvalue weighted by atomic mass is 9.90. The van der Waals surface area contributed by atoms with E-state index in [0.717, 1.165) is 18.2 Å². The van der Waals surface area contributed by atoms with Crippen LogP contribution in [0.1, 0.15) is 35.1 Å². The normalized spacial score (nSPS) is 12.4. The third kappa shape index (κ3) is 3.70. The highest BCUT2D eigenvalue weighted by Crippen LogP contribution is 2.25. The van der Waals surface area contributed by atoms with E-state index in [-0.39, 0.29) is 0 Å². The highest BCUT2D eigenvalue weighted by molar-refractivity contribution is 9.09. The van der Waals surface area contributed by atoms with E-state index in [1.807, 2.05) is 0 Å². The second kappa shape index (κ2) is 6.91. The topological polar surface area (TPSA) is 0 Å². The van der Waals surface area contributed by atoms with Gasteiger partial charge in [0.2, 0.25) is 0 Å². The van der Waals surface area contributed by atoms with Crippen molar-refractivity contribution < 1.29 is 0 Å². The maximum atomic E-state index is 3.67. The van der Waals surface area contributed by atoms with Crippen LogP contribution in [0.5, 0.6) is 0 Å². The van der Waals surface area contributed by atoms with Crippen molar-refractivity contribution in [3.63, 3.8) is 0 Å². The van der Waals surface area contributed by atoms with Crippen LogP contribution in [0.25, 0.3) is 0 Å². The van der Waals surface area contributed by atoms with Crippen LogP contribution in [0.15, 0.2) is 48.5 Å². The smallest absolute Gasteiger partial charge is 0.0103 e. The third-order valence-corrected chi connectivity index (χ3v) is 4.51. The average molecular weight is 317 g/mol. The summed E-state index contributed by atoms with van der Waals surface area (Å²) in [6.07, 6.45) is 2.21. The first kappa shape index (κ1) is 14.3. The van der Waals surface area contributed by atoms with E-state index >= 15 is 0 Å². The molecule has 0 bridgehead atoms. The summed E-state index contributed by atoms with van der Waals surface area (Å²) in [5.41, 5.74) is 5.68. The Morgan fingerprint density at radius 1 is 0.947 bits per heavy atom. The van der Waals surface area contributed by atoms with Crippen LogP contribution in [0.3, 0.4) is 0 Å². The summed E-state index contributed by atoms with van der Waals surface area (Å²) < 4.78 is 0. The highest BCUT2D eigenvalue weighted by Gasteiger charge is 2.12. The third-order valence-electron chi connectivity index (χ3n) is 3.73. The number of benzene rings is 2. The molecule has 2 rings (SSSR count). The summed E-state index contributed by atoms with van der Waals surface area (Å²) >= 11 is 3.67. The number of rotatable bonds is 5. The number of alkyl halides is 1. The van der Waals surface area contributed by atoms with Gasteiger partial charge in [0.05, 0.1) is 0 Å². The predicted octanol–water partition coefficient (Wildman–Crippen LogP) is 5.28. The zero-order valence-corrected chi connectivity index (χ0v) is 13.3. The predicted molar refractivity (Wildman–Crippen MR) is 87.2 cm³/mol. The van der Waals surface area contributed by atoms with Gasteiger partial charge in [-0.3, -0.25) is 0 Å². The Morgan fingerprint density at radius 2 is 1.58 bits per heavy atom.